The number of rotatable bonds is 6. The summed E-state index contributed by atoms with van der Waals surface area (Å²) < 4.78 is 0. The Morgan fingerprint density at radius 1 is 0.593 bits per heavy atom. The number of nitrogen functional groups attached to an aromatic ring is 2. The summed E-state index contributed by atoms with van der Waals surface area (Å²) in [6.45, 7) is 0. The van der Waals surface area contributed by atoms with Crippen LogP contribution >= 0.6 is 0 Å². The number of hydrogen-bond acceptors (Lipinski definition) is 10. The molecule has 0 aliphatic heterocycles. The third-order valence-corrected chi connectivity index (χ3v) is 3.54. The van der Waals surface area contributed by atoms with Gasteiger partial charge in [0.1, 0.15) is 22.7 Å². The summed E-state index contributed by atoms with van der Waals surface area (Å²) in [5.41, 5.74) is 12.5. The molecular formula is C17H10N6O4. The summed E-state index contributed by atoms with van der Waals surface area (Å²) in [6, 6.07) is 6.01. The SMILES string of the molecule is Nc1ccc(Cc2ccc(N)c(N=C=O)c2N=C=O)c(N=C=O)c1N=C=O. The Morgan fingerprint density at radius 2 is 0.926 bits per heavy atom. The van der Waals surface area contributed by atoms with Gasteiger partial charge in [0, 0.05) is 6.42 Å². The second-order valence-electron chi connectivity index (χ2n) is 5.01. The fourth-order valence-electron chi connectivity index (χ4n) is 2.43. The molecule has 0 aliphatic rings. The summed E-state index contributed by atoms with van der Waals surface area (Å²) >= 11 is 0. The van der Waals surface area contributed by atoms with Crippen LogP contribution < -0.4 is 11.5 Å². The Bertz CT molecular complexity index is 1010. The zero-order chi connectivity index (χ0) is 19.8. The summed E-state index contributed by atoms with van der Waals surface area (Å²) in [5.74, 6) is 0. The van der Waals surface area contributed by atoms with Crippen LogP contribution in [0.15, 0.2) is 44.2 Å². The van der Waals surface area contributed by atoms with Crippen molar-refractivity contribution in [3.63, 3.8) is 0 Å². The van der Waals surface area contributed by atoms with Gasteiger partial charge >= 0.3 is 0 Å². The highest BCUT2D eigenvalue weighted by molar-refractivity contribution is 5.85. The van der Waals surface area contributed by atoms with E-state index in [1.54, 1.807) is 12.1 Å². The first kappa shape index (κ1) is 18.9. The first-order valence-electron chi connectivity index (χ1n) is 7.21. The van der Waals surface area contributed by atoms with Crippen LogP contribution in [0.2, 0.25) is 0 Å². The first-order valence-corrected chi connectivity index (χ1v) is 7.21. The van der Waals surface area contributed by atoms with Crippen LogP contribution in [0.5, 0.6) is 0 Å². The number of anilines is 2. The molecule has 2 rings (SSSR count). The third-order valence-electron chi connectivity index (χ3n) is 3.54. The molecule has 132 valence electrons. The Hall–Kier alpha value is -4.44. The molecule has 0 saturated carbocycles. The van der Waals surface area contributed by atoms with E-state index in [2.05, 4.69) is 20.0 Å². The van der Waals surface area contributed by atoms with E-state index in [0.29, 0.717) is 11.1 Å². The van der Waals surface area contributed by atoms with Gasteiger partial charge in [-0.15, -0.1) is 0 Å². The molecule has 0 unspecified atom stereocenters. The van der Waals surface area contributed by atoms with Gasteiger partial charge in [0.05, 0.1) is 11.4 Å². The number of hydrogen-bond donors (Lipinski definition) is 2. The lowest BCUT2D eigenvalue weighted by Crippen LogP contribution is -1.95. The normalized spacial score (nSPS) is 9.19. The molecule has 0 heterocycles. The summed E-state index contributed by atoms with van der Waals surface area (Å²) in [6.07, 6.45) is 5.48. The van der Waals surface area contributed by atoms with Crippen molar-refractivity contribution in [2.24, 2.45) is 20.0 Å². The van der Waals surface area contributed by atoms with Crippen molar-refractivity contribution < 1.29 is 19.2 Å². The third kappa shape index (κ3) is 3.97. The molecule has 0 atom stereocenters. The average Bonchev–Trinajstić information content (AvgIpc) is 2.65. The van der Waals surface area contributed by atoms with Crippen LogP contribution in [-0.4, -0.2) is 24.3 Å². The van der Waals surface area contributed by atoms with E-state index in [0.717, 1.165) is 0 Å². The van der Waals surface area contributed by atoms with E-state index in [1.807, 2.05) is 0 Å². The van der Waals surface area contributed by atoms with Crippen molar-refractivity contribution in [1.29, 1.82) is 0 Å². The minimum atomic E-state index is -0.0483. The lowest BCUT2D eigenvalue weighted by atomic mass is 9.99. The molecule has 0 spiro atoms. The molecule has 0 bridgehead atoms. The zero-order valence-corrected chi connectivity index (χ0v) is 13.6. The van der Waals surface area contributed by atoms with Crippen LogP contribution in [0.4, 0.5) is 34.1 Å². The van der Waals surface area contributed by atoms with Crippen LogP contribution in [0.3, 0.4) is 0 Å². The quantitative estimate of drug-likeness (QED) is 0.453. The second kappa shape index (κ2) is 8.60. The molecule has 2 aromatic carbocycles. The maximum atomic E-state index is 10.8. The Labute approximate surface area is 151 Å². The number of nitrogens with zero attached hydrogens (tertiary/aromatic N) is 4. The number of isocyanates is 4. The monoisotopic (exact) mass is 362 g/mol. The summed E-state index contributed by atoms with van der Waals surface area (Å²) in [7, 11) is 0. The molecular weight excluding hydrogens is 352 g/mol. The molecule has 10 nitrogen and oxygen atoms in total. The minimum absolute atomic E-state index is 0.00615. The van der Waals surface area contributed by atoms with Gasteiger partial charge in [0.15, 0.2) is 0 Å². The average molecular weight is 362 g/mol. The van der Waals surface area contributed by atoms with E-state index in [9.17, 15) is 19.2 Å². The first-order chi connectivity index (χ1) is 13.1. The highest BCUT2D eigenvalue weighted by Gasteiger charge is 2.16. The van der Waals surface area contributed by atoms with Crippen molar-refractivity contribution in [3.8, 4) is 0 Å². The maximum absolute atomic E-state index is 10.8. The predicted molar refractivity (Wildman–Crippen MR) is 95.6 cm³/mol. The molecule has 0 radical (unpaired) electrons. The smallest absolute Gasteiger partial charge is 0.240 e. The van der Waals surface area contributed by atoms with Gasteiger partial charge < -0.3 is 11.5 Å². The maximum Gasteiger partial charge on any atom is 0.240 e. The number of nitrogens with two attached hydrogens (primary N) is 2. The van der Waals surface area contributed by atoms with Gasteiger partial charge in [-0.1, -0.05) is 12.1 Å². The van der Waals surface area contributed by atoms with E-state index in [1.165, 1.54) is 36.5 Å². The van der Waals surface area contributed by atoms with Crippen molar-refractivity contribution in [3.05, 3.63) is 35.4 Å². The molecule has 0 aromatic heterocycles. The number of carbonyl (C=O) groups excluding carboxylic acids is 4. The molecule has 10 heteroatoms. The molecule has 0 aliphatic carbocycles. The van der Waals surface area contributed by atoms with Gasteiger partial charge in [-0.3, -0.25) is 0 Å². The van der Waals surface area contributed by atoms with Crippen LogP contribution in [0, 0.1) is 0 Å². The lowest BCUT2D eigenvalue weighted by Gasteiger charge is -2.12. The number of benzene rings is 2. The molecule has 0 fully saturated rings. The van der Waals surface area contributed by atoms with Crippen molar-refractivity contribution in [2.75, 3.05) is 11.5 Å². The van der Waals surface area contributed by atoms with Crippen LogP contribution in [0.1, 0.15) is 11.1 Å². The summed E-state index contributed by atoms with van der Waals surface area (Å²) in [5, 5.41) is 0. The highest BCUT2D eigenvalue weighted by Crippen LogP contribution is 2.41. The zero-order valence-electron chi connectivity index (χ0n) is 13.6. The molecule has 0 saturated heterocycles. The Morgan fingerprint density at radius 3 is 1.26 bits per heavy atom. The summed E-state index contributed by atoms with van der Waals surface area (Å²) in [4.78, 5) is 56.9. The van der Waals surface area contributed by atoms with Gasteiger partial charge in [0.2, 0.25) is 24.3 Å². The topological polar surface area (TPSA) is 170 Å². The Balaban J connectivity index is 2.74. The fraction of sp³-hybridized carbons (Fsp3) is 0.0588. The lowest BCUT2D eigenvalue weighted by molar-refractivity contribution is 0.564. The van der Waals surface area contributed by atoms with E-state index >= 15 is 0 Å². The molecule has 2 aromatic rings. The van der Waals surface area contributed by atoms with Crippen LogP contribution in [0.25, 0.3) is 0 Å². The largest absolute Gasteiger partial charge is 0.397 e. The fourth-order valence-corrected chi connectivity index (χ4v) is 2.43. The minimum Gasteiger partial charge on any atom is -0.397 e. The molecule has 27 heavy (non-hydrogen) atoms. The highest BCUT2D eigenvalue weighted by atomic mass is 16.1. The predicted octanol–water partition coefficient (Wildman–Crippen LogP) is 2.31. The van der Waals surface area contributed by atoms with Crippen molar-refractivity contribution in [2.45, 2.75) is 6.42 Å². The van der Waals surface area contributed by atoms with Gasteiger partial charge in [-0.2, -0.15) is 20.0 Å². The molecule has 4 N–H and O–H groups in total. The molecule has 0 amide bonds. The standard InChI is InChI=1S/C17H10N6O4/c18-12-3-1-10(14(20-6-24)16(12)22-8-26)5-11-2-4-13(19)17(23-9-27)15(11)21-7-25/h1-4H,5,18-19H2. The van der Waals surface area contributed by atoms with E-state index in [4.69, 9.17) is 11.5 Å². The van der Waals surface area contributed by atoms with Crippen LogP contribution in [-0.2, 0) is 25.6 Å². The van der Waals surface area contributed by atoms with Crippen molar-refractivity contribution >= 4 is 58.4 Å². The van der Waals surface area contributed by atoms with E-state index in [-0.39, 0.29) is 40.5 Å². The Kier molecular flexibility index (Phi) is 6.02. The second-order valence-corrected chi connectivity index (χ2v) is 5.01. The number of aliphatic imine (C=N–C) groups is 4. The van der Waals surface area contributed by atoms with Gasteiger partial charge in [-0.05, 0) is 23.3 Å². The van der Waals surface area contributed by atoms with E-state index < -0.39 is 0 Å². The van der Waals surface area contributed by atoms with Crippen molar-refractivity contribution in [1.82, 2.24) is 0 Å². The van der Waals surface area contributed by atoms with Gasteiger partial charge in [-0.25, -0.2) is 19.2 Å². The van der Waals surface area contributed by atoms with Gasteiger partial charge in [0.25, 0.3) is 0 Å².